The summed E-state index contributed by atoms with van der Waals surface area (Å²) in [5.41, 5.74) is 5.42. The maximum Gasteiger partial charge on any atom is 0.264 e. The first-order chi connectivity index (χ1) is 31.8. The van der Waals surface area contributed by atoms with Crippen LogP contribution >= 0.6 is 0 Å². The van der Waals surface area contributed by atoms with Gasteiger partial charge in [-0.3, -0.25) is 19.2 Å². The number of fused-ring (bicyclic) bond motifs is 4. The van der Waals surface area contributed by atoms with Gasteiger partial charge in [0.15, 0.2) is 13.9 Å². The van der Waals surface area contributed by atoms with E-state index in [2.05, 4.69) is 20.6 Å². The Hall–Kier alpha value is -6.84. The molecule has 9 rings (SSSR count). The van der Waals surface area contributed by atoms with E-state index in [0.717, 1.165) is 44.1 Å². The molecule has 4 heterocycles. The van der Waals surface area contributed by atoms with Crippen LogP contribution in [0.3, 0.4) is 0 Å². The van der Waals surface area contributed by atoms with E-state index in [1.165, 1.54) is 0 Å². The van der Waals surface area contributed by atoms with Gasteiger partial charge in [-0.15, -0.1) is 0 Å². The number of nitrogens with zero attached hydrogens (tertiary/aromatic N) is 2. The van der Waals surface area contributed by atoms with Crippen LogP contribution in [0.15, 0.2) is 134 Å². The van der Waals surface area contributed by atoms with Gasteiger partial charge in [0.2, 0.25) is 17.7 Å². The Morgan fingerprint density at radius 3 is 1.95 bits per heavy atom. The number of aromatic amines is 2. The number of carbonyl (C=O) groups excluding carboxylic acids is 4. The SMILES string of the molecule is C[C@H]1[C@H]([Si](C)(C)O)[C@@H](CC(=O)N(CCO)Cc2ccccc2)O[C@]12C(=O)N(Cc1ccc(NC(=O)Cc3c[nH]c4ccccc34)cc1)c1ccc(NC(=O)Cc3c[nH]c4ccccc34)cc12. The van der Waals surface area contributed by atoms with Crippen molar-refractivity contribution in [3.05, 3.63) is 162 Å². The average Bonchev–Trinajstić information content (AvgIpc) is 4.04. The largest absolute Gasteiger partial charge is 0.432 e. The Kier molecular flexibility index (Phi) is 12.2. The number of aliphatic hydroxyl groups excluding tert-OH is 1. The maximum absolute atomic E-state index is 15.4. The Labute approximate surface area is 383 Å². The molecule has 0 unspecified atom stereocenters. The average molecular weight is 903 g/mol. The van der Waals surface area contributed by atoms with Crippen LogP contribution in [0.2, 0.25) is 18.6 Å². The van der Waals surface area contributed by atoms with Crippen molar-refractivity contribution in [3.8, 4) is 0 Å². The normalized spacial score (nSPS) is 19.1. The fraction of sp³-hybridized carbons (Fsp3) is 0.269. The number of aliphatic hydroxyl groups is 1. The van der Waals surface area contributed by atoms with Gasteiger partial charge in [-0.25, -0.2) is 0 Å². The molecule has 1 spiro atoms. The second-order valence-corrected chi connectivity index (χ2v) is 22.1. The first kappa shape index (κ1) is 44.4. The lowest BCUT2D eigenvalue weighted by molar-refractivity contribution is -0.150. The predicted octanol–water partition coefficient (Wildman–Crippen LogP) is 7.77. The first-order valence-electron chi connectivity index (χ1n) is 22.4. The van der Waals surface area contributed by atoms with Crippen LogP contribution in [-0.2, 0) is 55.4 Å². The van der Waals surface area contributed by atoms with Gasteiger partial charge in [-0.05, 0) is 77.8 Å². The third-order valence-electron chi connectivity index (χ3n) is 13.2. The fourth-order valence-corrected chi connectivity index (χ4v) is 12.8. The van der Waals surface area contributed by atoms with Crippen LogP contribution in [0, 0.1) is 5.92 Å². The number of anilines is 3. The molecule has 13 nitrogen and oxygen atoms in total. The number of benzene rings is 5. The van der Waals surface area contributed by atoms with Crippen molar-refractivity contribution in [3.63, 3.8) is 0 Å². The van der Waals surface area contributed by atoms with Crippen LogP contribution in [-0.4, -0.2) is 76.0 Å². The van der Waals surface area contributed by atoms with Crippen LogP contribution in [0.5, 0.6) is 0 Å². The molecule has 7 aromatic rings. The molecule has 66 heavy (non-hydrogen) atoms. The molecule has 1 saturated heterocycles. The summed E-state index contributed by atoms with van der Waals surface area (Å²) in [5.74, 6) is -1.58. The molecule has 4 atom stereocenters. The van der Waals surface area contributed by atoms with E-state index >= 15 is 4.79 Å². The second kappa shape index (κ2) is 18.2. The molecule has 6 N–H and O–H groups in total. The molecule has 1 fully saturated rings. The molecule has 338 valence electrons. The third kappa shape index (κ3) is 8.67. The molecule has 14 heteroatoms. The molecular weight excluding hydrogens is 849 g/mol. The van der Waals surface area contributed by atoms with Crippen molar-refractivity contribution in [2.45, 2.75) is 69.6 Å². The highest BCUT2D eigenvalue weighted by atomic mass is 28.4. The number of ether oxygens (including phenoxy) is 1. The predicted molar refractivity (Wildman–Crippen MR) is 258 cm³/mol. The van der Waals surface area contributed by atoms with E-state index in [1.807, 2.05) is 142 Å². The van der Waals surface area contributed by atoms with Crippen LogP contribution < -0.4 is 15.5 Å². The van der Waals surface area contributed by atoms with Crippen molar-refractivity contribution < 1.29 is 33.8 Å². The first-order valence-corrected chi connectivity index (χ1v) is 25.4. The van der Waals surface area contributed by atoms with Gasteiger partial charge in [-0.2, -0.15) is 0 Å². The number of rotatable bonds is 15. The minimum absolute atomic E-state index is 0.107. The Balaban J connectivity index is 1.00. The Morgan fingerprint density at radius 1 is 0.773 bits per heavy atom. The minimum Gasteiger partial charge on any atom is -0.432 e. The summed E-state index contributed by atoms with van der Waals surface area (Å²) in [5, 5.41) is 18.0. The number of hydrogen-bond acceptors (Lipinski definition) is 7. The summed E-state index contributed by atoms with van der Waals surface area (Å²) in [7, 11) is -3.16. The number of H-pyrrole nitrogens is 2. The molecule has 0 aliphatic carbocycles. The number of hydrogen-bond donors (Lipinski definition) is 6. The molecule has 2 aliphatic heterocycles. The van der Waals surface area contributed by atoms with Gasteiger partial charge in [0.05, 0.1) is 44.2 Å². The van der Waals surface area contributed by atoms with Crippen LogP contribution in [0.1, 0.15) is 41.2 Å². The molecular formula is C52H54N6O7Si. The molecule has 5 aromatic carbocycles. The van der Waals surface area contributed by atoms with Gasteiger partial charge < -0.3 is 45.0 Å². The lowest BCUT2D eigenvalue weighted by Gasteiger charge is -2.32. The lowest BCUT2D eigenvalue weighted by Crippen LogP contribution is -2.46. The summed E-state index contributed by atoms with van der Waals surface area (Å²) in [6.07, 6.45) is 3.06. The standard InChI is InChI=1S/C52H54N6O7Si/c1-33-50(66(2,3)64)46(28-49(62)57(23-24-59)31-34-11-5-4-6-12-34)65-52(33)42-27-39(56-48(61)26-37-30-54-44-16-10-8-14-41(37)44)21-22-45(42)58(51(52)63)32-35-17-19-38(20-18-35)55-47(60)25-36-29-53-43-15-9-7-13-40(36)43/h4-22,27,29-30,33,46,50,53-54,59,64H,23-26,28,31-32H2,1-3H3,(H,55,60)(H,56,61)/t33-,46+,50-,52+/m0/s1. The van der Waals surface area contributed by atoms with E-state index < -0.39 is 31.5 Å². The minimum atomic E-state index is -3.16. The zero-order valence-corrected chi connectivity index (χ0v) is 38.2. The summed E-state index contributed by atoms with van der Waals surface area (Å²) in [4.78, 5) is 78.1. The molecule has 2 aromatic heterocycles. The summed E-state index contributed by atoms with van der Waals surface area (Å²) < 4.78 is 7.05. The molecule has 0 saturated carbocycles. The highest BCUT2D eigenvalue weighted by Gasteiger charge is 2.66. The maximum atomic E-state index is 15.4. The van der Waals surface area contributed by atoms with Gasteiger partial charge in [0, 0.05) is 75.7 Å². The molecule has 4 amide bonds. The molecule has 0 radical (unpaired) electrons. The summed E-state index contributed by atoms with van der Waals surface area (Å²) in [6, 6.07) is 37.9. The van der Waals surface area contributed by atoms with Gasteiger partial charge in [0.25, 0.3) is 5.91 Å². The molecule has 2 aliphatic rings. The molecule has 0 bridgehead atoms. The summed E-state index contributed by atoms with van der Waals surface area (Å²) >= 11 is 0. The number of carbonyl (C=O) groups is 4. The topological polar surface area (TPSA) is 180 Å². The van der Waals surface area contributed by atoms with Crippen LogP contribution in [0.25, 0.3) is 21.8 Å². The zero-order valence-electron chi connectivity index (χ0n) is 37.2. The van der Waals surface area contributed by atoms with E-state index in [0.29, 0.717) is 22.6 Å². The Morgan fingerprint density at radius 2 is 1.35 bits per heavy atom. The van der Waals surface area contributed by atoms with Crippen LogP contribution in [0.4, 0.5) is 17.1 Å². The number of amides is 4. The fourth-order valence-electron chi connectivity index (χ4n) is 10.2. The van der Waals surface area contributed by atoms with E-state index in [-0.39, 0.29) is 69.1 Å². The van der Waals surface area contributed by atoms with E-state index in [4.69, 9.17) is 4.74 Å². The smallest absolute Gasteiger partial charge is 0.264 e. The third-order valence-corrected chi connectivity index (χ3v) is 15.7. The van der Waals surface area contributed by atoms with Gasteiger partial charge in [0.1, 0.15) is 0 Å². The van der Waals surface area contributed by atoms with Crippen molar-refractivity contribution in [2.75, 3.05) is 28.7 Å². The van der Waals surface area contributed by atoms with E-state index in [9.17, 15) is 24.3 Å². The quantitative estimate of drug-likeness (QED) is 0.0569. The van der Waals surface area contributed by atoms with Crippen molar-refractivity contribution >= 4 is 70.8 Å². The highest BCUT2D eigenvalue weighted by Crippen LogP contribution is 2.60. The van der Waals surface area contributed by atoms with Crippen molar-refractivity contribution in [1.82, 2.24) is 14.9 Å². The number of para-hydroxylation sites is 2. The number of nitrogens with one attached hydrogen (secondary N) is 4. The monoisotopic (exact) mass is 902 g/mol. The highest BCUT2D eigenvalue weighted by molar-refractivity contribution is 6.71. The second-order valence-electron chi connectivity index (χ2n) is 18.1. The zero-order chi connectivity index (χ0) is 46.2. The number of aromatic nitrogens is 2. The van der Waals surface area contributed by atoms with Gasteiger partial charge >= 0.3 is 0 Å². The summed E-state index contributed by atoms with van der Waals surface area (Å²) in [6.45, 7) is 5.85. The van der Waals surface area contributed by atoms with E-state index in [1.54, 1.807) is 21.9 Å². The van der Waals surface area contributed by atoms with Gasteiger partial charge in [-0.1, -0.05) is 85.8 Å². The van der Waals surface area contributed by atoms with Crippen molar-refractivity contribution in [1.29, 1.82) is 0 Å². The lowest BCUT2D eigenvalue weighted by atomic mass is 9.82. The Bertz CT molecular complexity index is 2930. The van der Waals surface area contributed by atoms with Crippen molar-refractivity contribution in [2.24, 2.45) is 5.92 Å².